The Kier molecular flexibility index (Phi) is 2.62. The summed E-state index contributed by atoms with van der Waals surface area (Å²) in [4.78, 5) is 9.06. The van der Waals surface area contributed by atoms with Crippen LogP contribution in [-0.4, -0.2) is 20.9 Å². The molecule has 0 atom stereocenters. The molecule has 0 saturated carbocycles. The summed E-state index contributed by atoms with van der Waals surface area (Å²) in [6, 6.07) is 5.95. The van der Waals surface area contributed by atoms with Gasteiger partial charge in [-0.3, -0.25) is 0 Å². The van der Waals surface area contributed by atoms with E-state index in [1.165, 1.54) is 0 Å². The number of hydrogen-bond donors (Lipinski definition) is 1. The smallest absolute Gasteiger partial charge is 0.143 e. The van der Waals surface area contributed by atoms with Gasteiger partial charge in [-0.2, -0.15) is 0 Å². The number of rotatable bonds is 3. The van der Waals surface area contributed by atoms with E-state index in [0.29, 0.717) is 6.54 Å². The molecule has 0 fully saturated rings. The van der Waals surface area contributed by atoms with Gasteiger partial charge < -0.3 is 10.1 Å². The van der Waals surface area contributed by atoms with Gasteiger partial charge in [-0.05, 0) is 18.7 Å². The van der Waals surface area contributed by atoms with Crippen LogP contribution in [0.4, 0.5) is 0 Å². The molecule has 0 aliphatic heterocycles. The van der Waals surface area contributed by atoms with Crippen molar-refractivity contribution in [3.63, 3.8) is 0 Å². The van der Waals surface area contributed by atoms with Gasteiger partial charge in [0.15, 0.2) is 0 Å². The first kappa shape index (κ1) is 10.4. The summed E-state index contributed by atoms with van der Waals surface area (Å²) in [5, 5.41) is 3.00. The minimum Gasteiger partial charge on any atom is -0.330 e. The van der Waals surface area contributed by atoms with Crippen molar-refractivity contribution >= 4 is 17.0 Å². The van der Waals surface area contributed by atoms with Crippen LogP contribution in [0.5, 0.6) is 0 Å². The summed E-state index contributed by atoms with van der Waals surface area (Å²) < 4.78 is 2.00. The lowest BCUT2D eigenvalue weighted by Crippen LogP contribution is -2.02. The van der Waals surface area contributed by atoms with Crippen molar-refractivity contribution in [1.82, 2.24) is 14.4 Å². The Labute approximate surface area is 103 Å². The van der Waals surface area contributed by atoms with E-state index in [-0.39, 0.29) is 0 Å². The standard InChI is InChI=1S/C12H12N4S/c13-5-4-9-8-17-12(14-9)10-7-16-6-2-1-3-11(16)15-10/h1-3,6-8H,4-5,13H2. The van der Waals surface area contributed by atoms with Crippen LogP contribution >= 0.6 is 11.3 Å². The van der Waals surface area contributed by atoms with E-state index in [0.717, 1.165) is 28.5 Å². The lowest BCUT2D eigenvalue weighted by atomic mass is 10.3. The molecule has 0 spiro atoms. The maximum absolute atomic E-state index is 5.51. The molecule has 0 radical (unpaired) electrons. The summed E-state index contributed by atoms with van der Waals surface area (Å²) in [7, 11) is 0. The van der Waals surface area contributed by atoms with Crippen molar-refractivity contribution < 1.29 is 0 Å². The monoisotopic (exact) mass is 244 g/mol. The third kappa shape index (κ3) is 1.94. The average Bonchev–Trinajstić information content (AvgIpc) is 2.94. The van der Waals surface area contributed by atoms with Crippen molar-refractivity contribution in [3.8, 4) is 10.7 Å². The Balaban J connectivity index is 2.01. The lowest BCUT2D eigenvalue weighted by Gasteiger charge is -1.88. The second kappa shape index (κ2) is 4.27. The molecule has 0 amide bonds. The molecular weight excluding hydrogens is 232 g/mol. The quantitative estimate of drug-likeness (QED) is 0.766. The molecule has 5 heteroatoms. The van der Waals surface area contributed by atoms with Crippen LogP contribution < -0.4 is 5.73 Å². The third-order valence-corrected chi connectivity index (χ3v) is 3.45. The van der Waals surface area contributed by atoms with Gasteiger partial charge in [-0.1, -0.05) is 6.07 Å². The SMILES string of the molecule is NCCc1csc(-c2cn3ccccc3n2)n1. The Hall–Kier alpha value is -1.72. The summed E-state index contributed by atoms with van der Waals surface area (Å²) in [5.41, 5.74) is 8.42. The van der Waals surface area contributed by atoms with Crippen LogP contribution in [-0.2, 0) is 6.42 Å². The van der Waals surface area contributed by atoms with Crippen LogP contribution in [0.2, 0.25) is 0 Å². The molecule has 0 saturated heterocycles. The van der Waals surface area contributed by atoms with Crippen molar-refractivity contribution in [3.05, 3.63) is 41.7 Å². The minimum atomic E-state index is 0.633. The number of nitrogens with two attached hydrogens (primary N) is 1. The van der Waals surface area contributed by atoms with E-state index in [9.17, 15) is 0 Å². The number of hydrogen-bond acceptors (Lipinski definition) is 4. The molecule has 0 aliphatic rings. The predicted molar refractivity (Wildman–Crippen MR) is 69.1 cm³/mol. The van der Waals surface area contributed by atoms with E-state index in [2.05, 4.69) is 9.97 Å². The zero-order chi connectivity index (χ0) is 11.7. The molecule has 0 aromatic carbocycles. The number of thiazole rings is 1. The van der Waals surface area contributed by atoms with Crippen LogP contribution in [0.15, 0.2) is 36.0 Å². The number of aromatic nitrogens is 3. The van der Waals surface area contributed by atoms with Gasteiger partial charge in [-0.15, -0.1) is 11.3 Å². The summed E-state index contributed by atoms with van der Waals surface area (Å²) in [5.74, 6) is 0. The highest BCUT2D eigenvalue weighted by Gasteiger charge is 2.08. The van der Waals surface area contributed by atoms with Crippen molar-refractivity contribution in [2.45, 2.75) is 6.42 Å². The van der Waals surface area contributed by atoms with Gasteiger partial charge >= 0.3 is 0 Å². The van der Waals surface area contributed by atoms with Crippen molar-refractivity contribution in [1.29, 1.82) is 0 Å². The van der Waals surface area contributed by atoms with E-state index in [1.54, 1.807) is 11.3 Å². The number of fused-ring (bicyclic) bond motifs is 1. The van der Waals surface area contributed by atoms with Gasteiger partial charge in [0.25, 0.3) is 0 Å². The zero-order valence-corrected chi connectivity index (χ0v) is 10.0. The molecule has 3 aromatic rings. The van der Waals surface area contributed by atoms with Gasteiger partial charge in [0.2, 0.25) is 0 Å². The van der Waals surface area contributed by atoms with Gasteiger partial charge in [-0.25, -0.2) is 9.97 Å². The highest BCUT2D eigenvalue weighted by atomic mass is 32.1. The fourth-order valence-corrected chi connectivity index (χ4v) is 2.53. The molecule has 17 heavy (non-hydrogen) atoms. The summed E-state index contributed by atoms with van der Waals surface area (Å²) in [6.45, 7) is 0.633. The maximum Gasteiger partial charge on any atom is 0.143 e. The van der Waals surface area contributed by atoms with Gasteiger partial charge in [0.05, 0.1) is 5.69 Å². The number of nitrogens with zero attached hydrogens (tertiary/aromatic N) is 3. The van der Waals surface area contributed by atoms with E-state index < -0.39 is 0 Å². The largest absolute Gasteiger partial charge is 0.330 e. The fraction of sp³-hybridized carbons (Fsp3) is 0.167. The lowest BCUT2D eigenvalue weighted by molar-refractivity contribution is 0.936. The minimum absolute atomic E-state index is 0.633. The normalized spacial score (nSPS) is 11.1. The Morgan fingerprint density at radius 3 is 3.06 bits per heavy atom. The molecule has 2 N–H and O–H groups in total. The molecule has 3 aromatic heterocycles. The zero-order valence-electron chi connectivity index (χ0n) is 9.21. The third-order valence-electron chi connectivity index (χ3n) is 2.54. The first-order chi connectivity index (χ1) is 8.36. The molecular formula is C12H12N4S. The summed E-state index contributed by atoms with van der Waals surface area (Å²) >= 11 is 1.62. The van der Waals surface area contributed by atoms with Gasteiger partial charge in [0.1, 0.15) is 16.3 Å². The molecule has 3 heterocycles. The van der Waals surface area contributed by atoms with Gasteiger partial charge in [0, 0.05) is 24.2 Å². The number of imidazole rings is 1. The van der Waals surface area contributed by atoms with Crippen molar-refractivity contribution in [2.75, 3.05) is 6.54 Å². The highest BCUT2D eigenvalue weighted by Crippen LogP contribution is 2.23. The Morgan fingerprint density at radius 1 is 1.29 bits per heavy atom. The van der Waals surface area contributed by atoms with Crippen LogP contribution in [0.25, 0.3) is 16.3 Å². The van der Waals surface area contributed by atoms with E-state index >= 15 is 0 Å². The Bertz CT molecular complexity index is 608. The van der Waals surface area contributed by atoms with Crippen molar-refractivity contribution in [2.24, 2.45) is 5.73 Å². The fourth-order valence-electron chi connectivity index (χ4n) is 1.73. The summed E-state index contributed by atoms with van der Waals surface area (Å²) in [6.07, 6.45) is 4.81. The maximum atomic E-state index is 5.51. The topological polar surface area (TPSA) is 56.2 Å². The molecule has 4 nitrogen and oxygen atoms in total. The highest BCUT2D eigenvalue weighted by molar-refractivity contribution is 7.13. The predicted octanol–water partition coefficient (Wildman–Crippen LogP) is 1.96. The molecule has 86 valence electrons. The van der Waals surface area contributed by atoms with E-state index in [4.69, 9.17) is 5.73 Å². The van der Waals surface area contributed by atoms with Crippen LogP contribution in [0.1, 0.15) is 5.69 Å². The number of pyridine rings is 1. The average molecular weight is 244 g/mol. The first-order valence-corrected chi connectivity index (χ1v) is 6.33. The van der Waals surface area contributed by atoms with E-state index in [1.807, 2.05) is 40.4 Å². The van der Waals surface area contributed by atoms with Crippen LogP contribution in [0.3, 0.4) is 0 Å². The molecule has 0 aliphatic carbocycles. The molecule has 3 rings (SSSR count). The second-order valence-electron chi connectivity index (χ2n) is 3.77. The van der Waals surface area contributed by atoms with Crippen LogP contribution in [0, 0.1) is 0 Å². The molecule has 0 bridgehead atoms. The first-order valence-electron chi connectivity index (χ1n) is 5.45. The Morgan fingerprint density at radius 2 is 2.24 bits per heavy atom. The molecule has 0 unspecified atom stereocenters. The second-order valence-corrected chi connectivity index (χ2v) is 4.63.